The van der Waals surface area contributed by atoms with Crippen molar-refractivity contribution in [1.82, 2.24) is 0 Å². The van der Waals surface area contributed by atoms with Crippen molar-refractivity contribution in [3.63, 3.8) is 0 Å². The summed E-state index contributed by atoms with van der Waals surface area (Å²) in [4.78, 5) is 22.4. The lowest BCUT2D eigenvalue weighted by Crippen LogP contribution is -2.16. The van der Waals surface area contributed by atoms with E-state index in [-0.39, 0.29) is 21.9 Å². The van der Waals surface area contributed by atoms with Crippen LogP contribution < -0.4 is 5.32 Å². The second-order valence-corrected chi connectivity index (χ2v) is 4.08. The largest absolute Gasteiger partial charge is 0.506 e. The average Bonchev–Trinajstić information content (AvgIpc) is 2.31. The molecule has 0 atom stereocenters. The Morgan fingerprint density at radius 2 is 1.83 bits per heavy atom. The van der Waals surface area contributed by atoms with E-state index in [1.54, 1.807) is 0 Å². The Kier molecular flexibility index (Phi) is 4.33. The van der Waals surface area contributed by atoms with Crippen molar-refractivity contribution in [3.05, 3.63) is 34.4 Å². The van der Waals surface area contributed by atoms with Crippen LogP contribution in [0.3, 0.4) is 0 Å². The number of benzene rings is 1. The number of anilines is 1. The van der Waals surface area contributed by atoms with Gasteiger partial charge in [0, 0.05) is 16.8 Å². The summed E-state index contributed by atoms with van der Waals surface area (Å²) in [6.45, 7) is 2.77. The van der Waals surface area contributed by atoms with E-state index in [1.807, 2.05) is 0 Å². The van der Waals surface area contributed by atoms with Gasteiger partial charge >= 0.3 is 5.97 Å². The molecule has 0 bridgehead atoms. The maximum Gasteiger partial charge on any atom is 0.331 e. The molecule has 0 aliphatic carbocycles. The van der Waals surface area contributed by atoms with Crippen molar-refractivity contribution < 1.29 is 19.8 Å². The first-order valence-corrected chi connectivity index (χ1v) is 5.41. The minimum Gasteiger partial charge on any atom is -0.506 e. The van der Waals surface area contributed by atoms with Crippen LogP contribution in [-0.2, 0) is 9.59 Å². The normalized spacial score (nSPS) is 11.7. The molecule has 0 spiro atoms. The Bertz CT molecular complexity index is 537. The molecule has 0 fully saturated rings. The lowest BCUT2D eigenvalue weighted by molar-refractivity contribution is -0.133. The lowest BCUT2D eigenvalue weighted by Gasteiger charge is -2.07. The minimum absolute atomic E-state index is 0.0302. The molecule has 18 heavy (non-hydrogen) atoms. The first kappa shape index (κ1) is 14.1. The summed E-state index contributed by atoms with van der Waals surface area (Å²) in [7, 11) is 0. The molecule has 0 saturated carbocycles. The summed E-state index contributed by atoms with van der Waals surface area (Å²) in [5.74, 6) is -1.77. The zero-order chi connectivity index (χ0) is 13.9. The zero-order valence-electron chi connectivity index (χ0n) is 9.82. The maximum absolute atomic E-state index is 11.7. The number of amides is 1. The molecular weight excluding hydrogens is 258 g/mol. The topological polar surface area (TPSA) is 86.6 Å². The number of halogens is 1. The van der Waals surface area contributed by atoms with E-state index in [9.17, 15) is 14.7 Å². The second-order valence-electron chi connectivity index (χ2n) is 3.68. The molecule has 6 heteroatoms. The van der Waals surface area contributed by atoms with E-state index >= 15 is 0 Å². The van der Waals surface area contributed by atoms with Gasteiger partial charge in [0.2, 0.25) is 0 Å². The van der Waals surface area contributed by atoms with Crippen molar-refractivity contribution >= 4 is 29.2 Å². The van der Waals surface area contributed by atoms with Gasteiger partial charge < -0.3 is 15.5 Å². The summed E-state index contributed by atoms with van der Waals surface area (Å²) < 4.78 is 0. The number of carbonyl (C=O) groups excluding carboxylic acids is 1. The number of carboxylic acids is 1. The zero-order valence-corrected chi connectivity index (χ0v) is 10.6. The van der Waals surface area contributed by atoms with Gasteiger partial charge in [-0.3, -0.25) is 4.79 Å². The number of hydrogen-bond acceptors (Lipinski definition) is 3. The molecule has 0 aromatic heterocycles. The van der Waals surface area contributed by atoms with E-state index < -0.39 is 11.9 Å². The molecule has 0 aliphatic heterocycles. The van der Waals surface area contributed by atoms with Crippen molar-refractivity contribution in [2.45, 2.75) is 13.8 Å². The predicted molar refractivity (Wildman–Crippen MR) is 67.8 cm³/mol. The third kappa shape index (κ3) is 3.24. The molecule has 5 nitrogen and oxygen atoms in total. The van der Waals surface area contributed by atoms with Crippen molar-refractivity contribution in [2.24, 2.45) is 0 Å². The van der Waals surface area contributed by atoms with Crippen molar-refractivity contribution in [1.29, 1.82) is 0 Å². The SMILES string of the molecule is C/C(C(=O)O)=C(/C)C(=O)Nc1ccc(O)c(Cl)c1. The van der Waals surface area contributed by atoms with Crippen LogP contribution in [0.1, 0.15) is 13.8 Å². The molecule has 0 aliphatic rings. The van der Waals surface area contributed by atoms with Gasteiger partial charge in [0.25, 0.3) is 5.91 Å². The van der Waals surface area contributed by atoms with Crippen molar-refractivity contribution in [3.8, 4) is 5.75 Å². The minimum atomic E-state index is -1.15. The van der Waals surface area contributed by atoms with Gasteiger partial charge in [-0.25, -0.2) is 4.79 Å². The average molecular weight is 270 g/mol. The van der Waals surface area contributed by atoms with Gasteiger partial charge in [-0.1, -0.05) is 11.6 Å². The standard InChI is InChI=1S/C12H12ClNO4/c1-6(7(2)12(17)18)11(16)14-8-3-4-10(15)9(13)5-8/h3-5,15H,1-2H3,(H,14,16)(H,17,18)/b7-6+. The molecule has 1 aromatic carbocycles. The molecule has 96 valence electrons. The highest BCUT2D eigenvalue weighted by atomic mass is 35.5. The molecule has 0 unspecified atom stereocenters. The molecule has 0 heterocycles. The Morgan fingerprint density at radius 1 is 1.22 bits per heavy atom. The highest BCUT2D eigenvalue weighted by Crippen LogP contribution is 2.26. The summed E-state index contributed by atoms with van der Waals surface area (Å²) in [5.41, 5.74) is 0.449. The third-order valence-corrected chi connectivity index (χ3v) is 2.73. The van der Waals surface area contributed by atoms with Gasteiger partial charge in [0.15, 0.2) is 0 Å². The fourth-order valence-electron chi connectivity index (χ4n) is 1.14. The fourth-order valence-corrected chi connectivity index (χ4v) is 1.32. The van der Waals surface area contributed by atoms with Crippen LogP contribution >= 0.6 is 11.6 Å². The Morgan fingerprint density at radius 3 is 2.33 bits per heavy atom. The van der Waals surface area contributed by atoms with Crippen LogP contribution in [0.2, 0.25) is 5.02 Å². The summed E-state index contributed by atoms with van der Waals surface area (Å²) >= 11 is 5.68. The smallest absolute Gasteiger partial charge is 0.331 e. The molecule has 0 saturated heterocycles. The molecule has 0 radical (unpaired) electrons. The number of nitrogens with one attached hydrogen (secondary N) is 1. The van der Waals surface area contributed by atoms with E-state index in [2.05, 4.69) is 5.32 Å². The number of carboxylic acid groups (broad SMARTS) is 1. The van der Waals surface area contributed by atoms with Gasteiger partial charge in [-0.2, -0.15) is 0 Å². The van der Waals surface area contributed by atoms with Gasteiger partial charge in [-0.05, 0) is 32.0 Å². The lowest BCUT2D eigenvalue weighted by atomic mass is 10.1. The first-order valence-electron chi connectivity index (χ1n) is 5.03. The maximum atomic E-state index is 11.7. The number of phenols is 1. The molecule has 1 rings (SSSR count). The number of carbonyl (C=O) groups is 2. The van der Waals surface area contributed by atoms with E-state index in [1.165, 1.54) is 32.0 Å². The molecule has 1 aromatic rings. The van der Waals surface area contributed by atoms with Crippen LogP contribution in [0.25, 0.3) is 0 Å². The van der Waals surface area contributed by atoms with Crippen LogP contribution in [0.4, 0.5) is 5.69 Å². The van der Waals surface area contributed by atoms with E-state index in [0.717, 1.165) is 0 Å². The van der Waals surface area contributed by atoms with Gasteiger partial charge in [-0.15, -0.1) is 0 Å². The Balaban J connectivity index is 2.92. The number of aliphatic carboxylic acids is 1. The molecular formula is C12H12ClNO4. The quantitative estimate of drug-likeness (QED) is 0.581. The molecule has 3 N–H and O–H groups in total. The fraction of sp³-hybridized carbons (Fsp3) is 0.167. The van der Waals surface area contributed by atoms with E-state index in [0.29, 0.717) is 5.69 Å². The predicted octanol–water partition coefficient (Wildman–Crippen LogP) is 2.41. The first-order chi connectivity index (χ1) is 8.32. The highest BCUT2D eigenvalue weighted by molar-refractivity contribution is 6.32. The number of hydrogen-bond donors (Lipinski definition) is 3. The number of rotatable bonds is 3. The monoisotopic (exact) mass is 269 g/mol. The van der Waals surface area contributed by atoms with Crippen LogP contribution in [0.15, 0.2) is 29.3 Å². The van der Waals surface area contributed by atoms with Crippen LogP contribution in [0.5, 0.6) is 5.75 Å². The Hall–Kier alpha value is -2.01. The van der Waals surface area contributed by atoms with Gasteiger partial charge in [0.1, 0.15) is 5.75 Å². The Labute approximate surface area is 109 Å². The third-order valence-electron chi connectivity index (χ3n) is 2.43. The molecule has 1 amide bonds. The van der Waals surface area contributed by atoms with Gasteiger partial charge in [0.05, 0.1) is 5.02 Å². The van der Waals surface area contributed by atoms with E-state index in [4.69, 9.17) is 16.7 Å². The highest BCUT2D eigenvalue weighted by Gasteiger charge is 2.13. The number of aromatic hydroxyl groups is 1. The van der Waals surface area contributed by atoms with Crippen LogP contribution in [-0.4, -0.2) is 22.1 Å². The summed E-state index contributed by atoms with van der Waals surface area (Å²) in [6, 6.07) is 4.17. The number of phenolic OH excluding ortho intramolecular Hbond substituents is 1. The van der Waals surface area contributed by atoms with Crippen molar-refractivity contribution in [2.75, 3.05) is 5.32 Å². The summed E-state index contributed by atoms with van der Waals surface area (Å²) in [5, 5.41) is 20.6. The van der Waals surface area contributed by atoms with Crippen LogP contribution in [0, 0.1) is 0 Å². The summed E-state index contributed by atoms with van der Waals surface area (Å²) in [6.07, 6.45) is 0. The second kappa shape index (κ2) is 5.55.